The highest BCUT2D eigenvalue weighted by Gasteiger charge is 2.46. The molecular weight excluding hydrogens is 340 g/mol. The van der Waals surface area contributed by atoms with Crippen LogP contribution in [0.1, 0.15) is 49.7 Å². The molecule has 5 nitrogen and oxygen atoms in total. The molecule has 4 rings (SSSR count). The highest BCUT2D eigenvalue weighted by molar-refractivity contribution is 6.05. The lowest BCUT2D eigenvalue weighted by Gasteiger charge is -2.20. The van der Waals surface area contributed by atoms with Gasteiger partial charge in [-0.2, -0.15) is 0 Å². The van der Waals surface area contributed by atoms with E-state index in [0.717, 1.165) is 24.9 Å². The van der Waals surface area contributed by atoms with Crippen LogP contribution in [0, 0.1) is 11.8 Å². The maximum absolute atomic E-state index is 12.4. The fourth-order valence-corrected chi connectivity index (χ4v) is 4.60. The molecule has 1 saturated heterocycles. The second kappa shape index (κ2) is 7.67. The molecule has 0 spiro atoms. The molecule has 1 fully saturated rings. The maximum atomic E-state index is 12.4. The van der Waals surface area contributed by atoms with Gasteiger partial charge in [0.15, 0.2) is 0 Å². The fourth-order valence-electron chi connectivity index (χ4n) is 4.60. The normalized spacial score (nSPS) is 23.9. The van der Waals surface area contributed by atoms with Crippen molar-refractivity contribution < 1.29 is 14.4 Å². The van der Waals surface area contributed by atoms with Crippen molar-refractivity contribution >= 4 is 23.4 Å². The molecule has 1 aliphatic heterocycles. The van der Waals surface area contributed by atoms with Gasteiger partial charge in [-0.25, -0.2) is 0 Å². The van der Waals surface area contributed by atoms with E-state index >= 15 is 0 Å². The van der Waals surface area contributed by atoms with Crippen LogP contribution in [0.4, 0.5) is 5.69 Å². The number of amides is 3. The van der Waals surface area contributed by atoms with Crippen molar-refractivity contribution in [3.63, 3.8) is 0 Å². The summed E-state index contributed by atoms with van der Waals surface area (Å²) in [7, 11) is 0. The second-order valence-corrected chi connectivity index (χ2v) is 7.79. The van der Waals surface area contributed by atoms with Gasteiger partial charge in [0.1, 0.15) is 0 Å². The van der Waals surface area contributed by atoms with Crippen molar-refractivity contribution in [3.05, 3.63) is 41.5 Å². The van der Waals surface area contributed by atoms with Crippen LogP contribution in [0.3, 0.4) is 0 Å². The standard InChI is InChI=1S/C22H26N2O3/c25-20(23-19-12-5-8-15-7-1-2-9-16(15)19)13-6-14-24-21(26)17-10-3-4-11-18(17)22(24)27/h3-5,8,12,17-18H,1-2,6-7,9-11,13-14H2,(H,23,25)/t17-,18+. The number of nitrogens with one attached hydrogen (secondary N) is 1. The molecule has 0 radical (unpaired) electrons. The Morgan fingerprint density at radius 1 is 1.04 bits per heavy atom. The van der Waals surface area contributed by atoms with Crippen molar-refractivity contribution in [3.8, 4) is 0 Å². The highest BCUT2D eigenvalue weighted by Crippen LogP contribution is 2.35. The maximum Gasteiger partial charge on any atom is 0.233 e. The van der Waals surface area contributed by atoms with E-state index in [4.69, 9.17) is 0 Å². The molecule has 142 valence electrons. The summed E-state index contributed by atoms with van der Waals surface area (Å²) < 4.78 is 0. The lowest BCUT2D eigenvalue weighted by atomic mass is 9.85. The van der Waals surface area contributed by atoms with Crippen molar-refractivity contribution in [1.82, 2.24) is 4.90 Å². The molecule has 2 aliphatic carbocycles. The molecule has 0 aromatic heterocycles. The van der Waals surface area contributed by atoms with Gasteiger partial charge in [-0.3, -0.25) is 19.3 Å². The zero-order valence-electron chi connectivity index (χ0n) is 15.6. The Labute approximate surface area is 159 Å². The molecule has 0 saturated carbocycles. The van der Waals surface area contributed by atoms with E-state index in [0.29, 0.717) is 32.2 Å². The van der Waals surface area contributed by atoms with Crippen LogP contribution in [-0.2, 0) is 27.2 Å². The van der Waals surface area contributed by atoms with Crippen LogP contribution in [0.25, 0.3) is 0 Å². The zero-order valence-corrected chi connectivity index (χ0v) is 15.6. The minimum atomic E-state index is -0.188. The summed E-state index contributed by atoms with van der Waals surface area (Å²) in [4.78, 5) is 38.6. The topological polar surface area (TPSA) is 66.5 Å². The smallest absolute Gasteiger partial charge is 0.233 e. The fraction of sp³-hybridized carbons (Fsp3) is 0.500. The van der Waals surface area contributed by atoms with Gasteiger partial charge < -0.3 is 5.32 Å². The van der Waals surface area contributed by atoms with Crippen LogP contribution in [0.2, 0.25) is 0 Å². The number of hydrogen-bond acceptors (Lipinski definition) is 3. The molecule has 1 aromatic rings. The van der Waals surface area contributed by atoms with E-state index in [2.05, 4.69) is 11.4 Å². The number of carbonyl (C=O) groups is 3. The summed E-state index contributed by atoms with van der Waals surface area (Å²) in [6.07, 6.45) is 10.6. The van der Waals surface area contributed by atoms with E-state index in [-0.39, 0.29) is 29.6 Å². The summed E-state index contributed by atoms with van der Waals surface area (Å²) in [6.45, 7) is 0.338. The molecule has 1 N–H and O–H groups in total. The third-order valence-corrected chi connectivity index (χ3v) is 6.05. The van der Waals surface area contributed by atoms with Gasteiger partial charge in [0.2, 0.25) is 17.7 Å². The van der Waals surface area contributed by atoms with E-state index in [1.165, 1.54) is 22.4 Å². The Bertz CT molecular complexity index is 773. The minimum Gasteiger partial charge on any atom is -0.326 e. The molecule has 1 heterocycles. The molecule has 3 aliphatic rings. The Morgan fingerprint density at radius 3 is 2.48 bits per heavy atom. The highest BCUT2D eigenvalue weighted by atomic mass is 16.2. The monoisotopic (exact) mass is 366 g/mol. The molecule has 0 bridgehead atoms. The summed E-state index contributed by atoms with van der Waals surface area (Å²) >= 11 is 0. The van der Waals surface area contributed by atoms with Crippen LogP contribution < -0.4 is 5.32 Å². The third kappa shape index (κ3) is 3.55. The molecule has 0 unspecified atom stereocenters. The van der Waals surface area contributed by atoms with Gasteiger partial charge in [-0.1, -0.05) is 24.3 Å². The van der Waals surface area contributed by atoms with Gasteiger partial charge in [0, 0.05) is 18.7 Å². The summed E-state index contributed by atoms with van der Waals surface area (Å²) in [5.74, 6) is -0.551. The van der Waals surface area contributed by atoms with Gasteiger partial charge in [0.05, 0.1) is 11.8 Å². The number of rotatable bonds is 5. The first-order valence-electron chi connectivity index (χ1n) is 10.1. The van der Waals surface area contributed by atoms with Crippen molar-refractivity contribution in [2.45, 2.75) is 51.4 Å². The number of anilines is 1. The summed E-state index contributed by atoms with van der Waals surface area (Å²) in [6, 6.07) is 6.10. The molecule has 2 atom stereocenters. The Balaban J connectivity index is 1.30. The first-order chi connectivity index (χ1) is 13.1. The van der Waals surface area contributed by atoms with Crippen LogP contribution >= 0.6 is 0 Å². The number of likely N-dealkylation sites (tertiary alicyclic amines) is 1. The predicted octanol–water partition coefficient (Wildman–Crippen LogP) is 3.24. The van der Waals surface area contributed by atoms with Crippen molar-refractivity contribution in [1.29, 1.82) is 0 Å². The summed E-state index contributed by atoms with van der Waals surface area (Å²) in [5, 5.41) is 3.03. The quantitative estimate of drug-likeness (QED) is 0.643. The first-order valence-corrected chi connectivity index (χ1v) is 10.1. The van der Waals surface area contributed by atoms with Crippen LogP contribution in [0.5, 0.6) is 0 Å². The van der Waals surface area contributed by atoms with Crippen LogP contribution in [0.15, 0.2) is 30.4 Å². The molecule has 1 aromatic carbocycles. The predicted molar refractivity (Wildman–Crippen MR) is 103 cm³/mol. The minimum absolute atomic E-state index is 0.0489. The van der Waals surface area contributed by atoms with Crippen LogP contribution in [-0.4, -0.2) is 29.2 Å². The van der Waals surface area contributed by atoms with E-state index in [1.807, 2.05) is 24.3 Å². The van der Waals surface area contributed by atoms with Gasteiger partial charge in [0.25, 0.3) is 0 Å². The zero-order chi connectivity index (χ0) is 18.8. The van der Waals surface area contributed by atoms with Crippen molar-refractivity contribution in [2.24, 2.45) is 11.8 Å². The second-order valence-electron chi connectivity index (χ2n) is 7.79. The SMILES string of the molecule is O=C(CCCN1C(=O)[C@H]2CC=CC[C@H]2C1=O)Nc1cccc2c1CCCC2. The number of allylic oxidation sites excluding steroid dienone is 2. The average molecular weight is 366 g/mol. The molecule has 27 heavy (non-hydrogen) atoms. The molecule has 3 amide bonds. The first kappa shape index (κ1) is 18.0. The Morgan fingerprint density at radius 2 is 1.74 bits per heavy atom. The third-order valence-electron chi connectivity index (χ3n) is 6.05. The van der Waals surface area contributed by atoms with Crippen molar-refractivity contribution in [2.75, 3.05) is 11.9 Å². The van der Waals surface area contributed by atoms with Gasteiger partial charge >= 0.3 is 0 Å². The largest absolute Gasteiger partial charge is 0.326 e. The number of aryl methyl sites for hydroxylation is 1. The molecular formula is C22H26N2O3. The number of imide groups is 1. The lowest BCUT2D eigenvalue weighted by Crippen LogP contribution is -2.32. The van der Waals surface area contributed by atoms with Gasteiger partial charge in [-0.15, -0.1) is 0 Å². The number of fused-ring (bicyclic) bond motifs is 2. The number of nitrogens with zero attached hydrogens (tertiary/aromatic N) is 1. The average Bonchev–Trinajstić information content (AvgIpc) is 2.93. The Hall–Kier alpha value is -2.43. The number of benzene rings is 1. The van der Waals surface area contributed by atoms with E-state index in [1.54, 1.807) is 0 Å². The lowest BCUT2D eigenvalue weighted by molar-refractivity contribution is -0.140. The van der Waals surface area contributed by atoms with Gasteiger partial charge in [-0.05, 0) is 62.1 Å². The number of carbonyl (C=O) groups excluding carboxylic acids is 3. The van der Waals surface area contributed by atoms with E-state index in [9.17, 15) is 14.4 Å². The summed E-state index contributed by atoms with van der Waals surface area (Å²) in [5.41, 5.74) is 3.52. The molecule has 5 heteroatoms. The van der Waals surface area contributed by atoms with E-state index < -0.39 is 0 Å². The Kier molecular flexibility index (Phi) is 5.10. The number of hydrogen-bond donors (Lipinski definition) is 1.